The molecule has 0 amide bonds. The first-order valence-electron chi connectivity index (χ1n) is 3.63. The summed E-state index contributed by atoms with van der Waals surface area (Å²) in [7, 11) is 1.69. The van der Waals surface area contributed by atoms with Crippen LogP contribution in [0, 0.1) is 0 Å². The molecule has 1 atom stereocenters. The van der Waals surface area contributed by atoms with Crippen LogP contribution in [0.25, 0.3) is 0 Å². The van der Waals surface area contributed by atoms with Crippen LogP contribution in [0.15, 0.2) is 22.7 Å². The Bertz CT molecular complexity index is 275. The SMILES string of the molecule is COC(C)c1ccc(Cl)cc1Br. The van der Waals surface area contributed by atoms with Gasteiger partial charge in [-0.2, -0.15) is 0 Å². The lowest BCUT2D eigenvalue weighted by Crippen LogP contribution is -1.96. The second-order valence-electron chi connectivity index (χ2n) is 2.54. The number of benzene rings is 1. The second kappa shape index (κ2) is 4.26. The summed E-state index contributed by atoms with van der Waals surface area (Å²) in [5, 5.41) is 0.730. The molecule has 0 aliphatic rings. The van der Waals surface area contributed by atoms with E-state index in [2.05, 4.69) is 15.9 Å². The van der Waals surface area contributed by atoms with Gasteiger partial charge in [-0.15, -0.1) is 0 Å². The Balaban J connectivity index is 3.01. The number of rotatable bonds is 2. The van der Waals surface area contributed by atoms with Gasteiger partial charge in [-0.25, -0.2) is 0 Å². The van der Waals surface area contributed by atoms with E-state index in [4.69, 9.17) is 16.3 Å². The molecule has 0 fully saturated rings. The van der Waals surface area contributed by atoms with Gasteiger partial charge >= 0.3 is 0 Å². The minimum atomic E-state index is 0.0941. The summed E-state index contributed by atoms with van der Waals surface area (Å²) in [5.41, 5.74) is 1.11. The lowest BCUT2D eigenvalue weighted by Gasteiger charge is -2.11. The van der Waals surface area contributed by atoms with Crippen LogP contribution in [0.3, 0.4) is 0 Å². The fraction of sp³-hybridized carbons (Fsp3) is 0.333. The summed E-state index contributed by atoms with van der Waals surface area (Å²) >= 11 is 9.22. The number of halogens is 2. The predicted molar refractivity (Wildman–Crippen MR) is 54.6 cm³/mol. The molecule has 66 valence electrons. The highest BCUT2D eigenvalue weighted by molar-refractivity contribution is 9.10. The van der Waals surface area contributed by atoms with E-state index < -0.39 is 0 Å². The predicted octanol–water partition coefficient (Wildman–Crippen LogP) is 3.81. The van der Waals surface area contributed by atoms with Crippen LogP contribution in [-0.2, 0) is 4.74 Å². The molecule has 0 heterocycles. The topological polar surface area (TPSA) is 9.23 Å². The van der Waals surface area contributed by atoms with Crippen molar-refractivity contribution in [3.8, 4) is 0 Å². The Morgan fingerprint density at radius 2 is 2.17 bits per heavy atom. The minimum absolute atomic E-state index is 0.0941. The van der Waals surface area contributed by atoms with Crippen molar-refractivity contribution in [3.05, 3.63) is 33.3 Å². The molecule has 0 saturated carbocycles. The molecule has 0 aliphatic heterocycles. The fourth-order valence-electron chi connectivity index (χ4n) is 0.958. The van der Waals surface area contributed by atoms with Crippen LogP contribution in [-0.4, -0.2) is 7.11 Å². The average molecular weight is 250 g/mol. The third kappa shape index (κ3) is 2.22. The maximum atomic E-state index is 5.79. The quantitative estimate of drug-likeness (QED) is 0.774. The summed E-state index contributed by atoms with van der Waals surface area (Å²) in [6.45, 7) is 1.99. The largest absolute Gasteiger partial charge is 0.377 e. The molecule has 0 bridgehead atoms. The molecule has 0 saturated heterocycles. The maximum absolute atomic E-state index is 5.79. The monoisotopic (exact) mass is 248 g/mol. The van der Waals surface area contributed by atoms with Gasteiger partial charge in [0.15, 0.2) is 0 Å². The highest BCUT2D eigenvalue weighted by Crippen LogP contribution is 2.27. The van der Waals surface area contributed by atoms with Gasteiger partial charge in [-0.1, -0.05) is 33.6 Å². The Morgan fingerprint density at radius 1 is 1.50 bits per heavy atom. The van der Waals surface area contributed by atoms with Crippen molar-refractivity contribution in [1.82, 2.24) is 0 Å². The molecule has 1 aromatic rings. The van der Waals surface area contributed by atoms with Gasteiger partial charge in [0.2, 0.25) is 0 Å². The molecular formula is C9H10BrClO. The second-order valence-corrected chi connectivity index (χ2v) is 3.83. The van der Waals surface area contributed by atoms with Crippen LogP contribution in [0.2, 0.25) is 5.02 Å². The molecule has 0 spiro atoms. The Labute approximate surface area is 85.8 Å². The van der Waals surface area contributed by atoms with Crippen LogP contribution < -0.4 is 0 Å². The Hall–Kier alpha value is -0.0500. The highest BCUT2D eigenvalue weighted by Gasteiger charge is 2.07. The van der Waals surface area contributed by atoms with Gasteiger partial charge < -0.3 is 4.74 Å². The maximum Gasteiger partial charge on any atom is 0.0803 e. The zero-order chi connectivity index (χ0) is 9.14. The first kappa shape index (κ1) is 10.0. The molecule has 1 rings (SSSR count). The van der Waals surface area contributed by atoms with E-state index in [-0.39, 0.29) is 6.10 Å². The molecule has 0 aromatic heterocycles. The van der Waals surface area contributed by atoms with Crippen molar-refractivity contribution in [2.24, 2.45) is 0 Å². The third-order valence-electron chi connectivity index (χ3n) is 1.75. The van der Waals surface area contributed by atoms with Gasteiger partial charge in [-0.05, 0) is 24.6 Å². The molecule has 1 aromatic carbocycles. The van der Waals surface area contributed by atoms with E-state index in [1.54, 1.807) is 7.11 Å². The molecule has 0 radical (unpaired) electrons. The van der Waals surface area contributed by atoms with Crippen molar-refractivity contribution in [1.29, 1.82) is 0 Å². The number of hydrogen-bond donors (Lipinski definition) is 0. The Morgan fingerprint density at radius 3 is 2.67 bits per heavy atom. The van der Waals surface area contributed by atoms with Crippen molar-refractivity contribution < 1.29 is 4.74 Å². The summed E-state index contributed by atoms with van der Waals surface area (Å²) in [6.07, 6.45) is 0.0941. The lowest BCUT2D eigenvalue weighted by molar-refractivity contribution is 0.119. The van der Waals surface area contributed by atoms with E-state index >= 15 is 0 Å². The molecule has 12 heavy (non-hydrogen) atoms. The smallest absolute Gasteiger partial charge is 0.0803 e. The molecular weight excluding hydrogens is 239 g/mol. The van der Waals surface area contributed by atoms with Gasteiger partial charge in [0.1, 0.15) is 0 Å². The van der Waals surface area contributed by atoms with E-state index in [1.807, 2.05) is 25.1 Å². The third-order valence-corrected chi connectivity index (χ3v) is 2.68. The average Bonchev–Trinajstić information content (AvgIpc) is 2.03. The van der Waals surface area contributed by atoms with Crippen molar-refractivity contribution in [3.63, 3.8) is 0 Å². The highest BCUT2D eigenvalue weighted by atomic mass is 79.9. The van der Waals surface area contributed by atoms with E-state index in [9.17, 15) is 0 Å². The Kier molecular flexibility index (Phi) is 3.56. The van der Waals surface area contributed by atoms with Crippen LogP contribution in [0.1, 0.15) is 18.6 Å². The van der Waals surface area contributed by atoms with Crippen molar-refractivity contribution in [2.45, 2.75) is 13.0 Å². The summed E-state index contributed by atoms with van der Waals surface area (Å²) in [6, 6.07) is 5.68. The summed E-state index contributed by atoms with van der Waals surface area (Å²) < 4.78 is 6.17. The first-order chi connectivity index (χ1) is 5.65. The molecule has 0 N–H and O–H groups in total. The zero-order valence-corrected chi connectivity index (χ0v) is 9.32. The summed E-state index contributed by atoms with van der Waals surface area (Å²) in [4.78, 5) is 0. The van der Waals surface area contributed by atoms with E-state index in [0.29, 0.717) is 0 Å². The summed E-state index contributed by atoms with van der Waals surface area (Å²) in [5.74, 6) is 0. The van der Waals surface area contributed by atoms with Gasteiger partial charge in [-0.3, -0.25) is 0 Å². The number of ether oxygens (including phenoxy) is 1. The van der Waals surface area contributed by atoms with Crippen molar-refractivity contribution in [2.75, 3.05) is 7.11 Å². The van der Waals surface area contributed by atoms with Crippen molar-refractivity contribution >= 4 is 27.5 Å². The van der Waals surface area contributed by atoms with Gasteiger partial charge in [0.25, 0.3) is 0 Å². The first-order valence-corrected chi connectivity index (χ1v) is 4.80. The van der Waals surface area contributed by atoms with E-state index in [0.717, 1.165) is 15.1 Å². The molecule has 0 aliphatic carbocycles. The van der Waals surface area contributed by atoms with E-state index in [1.165, 1.54) is 0 Å². The van der Waals surface area contributed by atoms with Crippen LogP contribution in [0.4, 0.5) is 0 Å². The normalized spacial score (nSPS) is 13.0. The lowest BCUT2D eigenvalue weighted by atomic mass is 10.1. The van der Waals surface area contributed by atoms with Crippen LogP contribution >= 0.6 is 27.5 Å². The molecule has 1 unspecified atom stereocenters. The molecule has 3 heteroatoms. The zero-order valence-electron chi connectivity index (χ0n) is 6.97. The van der Waals surface area contributed by atoms with Gasteiger partial charge in [0.05, 0.1) is 6.10 Å². The van der Waals surface area contributed by atoms with Gasteiger partial charge in [0, 0.05) is 16.6 Å². The fourth-order valence-corrected chi connectivity index (χ4v) is 1.96. The van der Waals surface area contributed by atoms with Crippen LogP contribution in [0.5, 0.6) is 0 Å². The number of methoxy groups -OCH3 is 1. The standard InChI is InChI=1S/C9H10BrClO/c1-6(12-2)8-4-3-7(11)5-9(8)10/h3-6H,1-2H3. The minimum Gasteiger partial charge on any atom is -0.377 e. The molecule has 1 nitrogen and oxygen atoms in total. The number of hydrogen-bond acceptors (Lipinski definition) is 1.